The second-order valence-corrected chi connectivity index (χ2v) is 7.49. The fourth-order valence-corrected chi connectivity index (χ4v) is 4.00. The Morgan fingerprint density at radius 1 is 1.30 bits per heavy atom. The van der Waals surface area contributed by atoms with Crippen LogP contribution in [0.25, 0.3) is 11.0 Å². The lowest BCUT2D eigenvalue weighted by Gasteiger charge is -2.32. The topological polar surface area (TPSA) is 99.7 Å². The molecule has 1 aliphatic heterocycles. The maximum Gasteiger partial charge on any atom is 0.340 e. The molecule has 1 amide bonds. The first-order valence-electron chi connectivity index (χ1n) is 9.72. The monoisotopic (exact) mass is 412 g/mol. The molecular weight excluding hydrogens is 388 g/mol. The van der Waals surface area contributed by atoms with Crippen LogP contribution >= 0.6 is 0 Å². The van der Waals surface area contributed by atoms with Crippen molar-refractivity contribution in [3.05, 3.63) is 51.4 Å². The van der Waals surface area contributed by atoms with Gasteiger partial charge in [-0.15, -0.1) is 10.2 Å². The van der Waals surface area contributed by atoms with Crippen LogP contribution in [0.2, 0.25) is 0 Å². The molecule has 3 aromatic rings. The van der Waals surface area contributed by atoms with Crippen LogP contribution < -0.4 is 10.4 Å². The van der Waals surface area contributed by atoms with E-state index >= 15 is 0 Å². The highest BCUT2D eigenvalue weighted by atomic mass is 16.5. The number of hydrogen-bond acceptors (Lipinski definition) is 7. The number of hydrogen-bond donors (Lipinski definition) is 0. The average molecular weight is 412 g/mol. The van der Waals surface area contributed by atoms with Gasteiger partial charge in [-0.05, 0) is 31.5 Å². The number of aryl methyl sites for hydroxylation is 1. The molecule has 0 unspecified atom stereocenters. The molecule has 9 nitrogen and oxygen atoms in total. The summed E-state index contributed by atoms with van der Waals surface area (Å²) < 4.78 is 17.8. The Labute approximate surface area is 173 Å². The van der Waals surface area contributed by atoms with Gasteiger partial charge in [-0.2, -0.15) is 0 Å². The van der Waals surface area contributed by atoms with Gasteiger partial charge in [0.05, 0.1) is 31.7 Å². The lowest BCUT2D eigenvalue weighted by atomic mass is 10.0. The fraction of sp³-hybridized carbons (Fsp3) is 0.429. The van der Waals surface area contributed by atoms with Crippen molar-refractivity contribution >= 4 is 16.9 Å². The molecule has 0 saturated heterocycles. The molecule has 4 rings (SSSR count). The zero-order valence-corrected chi connectivity index (χ0v) is 17.5. The van der Waals surface area contributed by atoms with Gasteiger partial charge in [0.1, 0.15) is 17.9 Å². The predicted molar refractivity (Wildman–Crippen MR) is 108 cm³/mol. The first kappa shape index (κ1) is 20.1. The molecule has 3 heterocycles. The summed E-state index contributed by atoms with van der Waals surface area (Å²) in [6, 6.07) is 5.33. The van der Waals surface area contributed by atoms with E-state index in [9.17, 15) is 9.59 Å². The van der Waals surface area contributed by atoms with Gasteiger partial charge in [0.2, 0.25) is 5.91 Å². The van der Waals surface area contributed by atoms with Crippen molar-refractivity contribution in [2.75, 3.05) is 20.8 Å². The van der Waals surface area contributed by atoms with E-state index in [0.29, 0.717) is 42.4 Å². The Morgan fingerprint density at radius 2 is 2.10 bits per heavy atom. The number of carbonyl (C=O) groups excluding carboxylic acids is 1. The smallest absolute Gasteiger partial charge is 0.340 e. The minimum absolute atomic E-state index is 0.0134. The highest BCUT2D eigenvalue weighted by Gasteiger charge is 2.30. The SMILES string of the molecule is COCc1nnc2n1[C@@H](C)CN(C(=O)Cc1c(C)c3ccc(OC)cc3oc1=O)C2. The molecule has 0 bridgehead atoms. The molecule has 30 heavy (non-hydrogen) atoms. The summed E-state index contributed by atoms with van der Waals surface area (Å²) in [5, 5.41) is 9.16. The Bertz CT molecular complexity index is 1170. The van der Waals surface area contributed by atoms with Crippen LogP contribution in [0, 0.1) is 6.92 Å². The van der Waals surface area contributed by atoms with Gasteiger partial charge in [-0.1, -0.05) is 0 Å². The minimum atomic E-state index is -0.503. The van der Waals surface area contributed by atoms with Crippen molar-refractivity contribution < 1.29 is 18.7 Å². The molecule has 1 atom stereocenters. The van der Waals surface area contributed by atoms with Gasteiger partial charge in [0, 0.05) is 25.1 Å². The number of fused-ring (bicyclic) bond motifs is 2. The van der Waals surface area contributed by atoms with Crippen LogP contribution in [0.4, 0.5) is 0 Å². The largest absolute Gasteiger partial charge is 0.497 e. The van der Waals surface area contributed by atoms with Crippen LogP contribution in [-0.4, -0.2) is 46.3 Å². The summed E-state index contributed by atoms with van der Waals surface area (Å²) in [5.41, 5.74) is 1.06. The molecule has 0 N–H and O–H groups in total. The first-order valence-corrected chi connectivity index (χ1v) is 9.72. The highest BCUT2D eigenvalue weighted by molar-refractivity contribution is 5.85. The zero-order chi connectivity index (χ0) is 21.4. The van der Waals surface area contributed by atoms with Gasteiger partial charge < -0.3 is 23.4 Å². The zero-order valence-electron chi connectivity index (χ0n) is 17.5. The third kappa shape index (κ3) is 3.45. The van der Waals surface area contributed by atoms with E-state index in [0.717, 1.165) is 16.8 Å². The van der Waals surface area contributed by atoms with Crippen molar-refractivity contribution in [2.24, 2.45) is 0 Å². The molecule has 0 spiro atoms. The number of rotatable bonds is 5. The van der Waals surface area contributed by atoms with Gasteiger partial charge >= 0.3 is 5.63 Å². The van der Waals surface area contributed by atoms with Crippen LogP contribution in [0.5, 0.6) is 5.75 Å². The average Bonchev–Trinajstić information content (AvgIpc) is 3.14. The Kier molecular flexibility index (Phi) is 5.29. The standard InChI is InChI=1S/C21H24N4O5/c1-12-9-24(10-18-22-23-19(11-28-3)25(12)18)20(26)8-16-13(2)15-6-5-14(29-4)7-17(15)30-21(16)27/h5-7,12H,8-11H2,1-4H3/t12-/m0/s1. The van der Waals surface area contributed by atoms with E-state index in [1.54, 1.807) is 31.3 Å². The quantitative estimate of drug-likeness (QED) is 0.591. The van der Waals surface area contributed by atoms with Gasteiger partial charge in [-0.3, -0.25) is 4.79 Å². The van der Waals surface area contributed by atoms with E-state index in [2.05, 4.69) is 10.2 Å². The van der Waals surface area contributed by atoms with Gasteiger partial charge in [0.15, 0.2) is 11.6 Å². The van der Waals surface area contributed by atoms with Crippen molar-refractivity contribution in [3.63, 3.8) is 0 Å². The highest BCUT2D eigenvalue weighted by Crippen LogP contribution is 2.26. The molecule has 0 fully saturated rings. The summed E-state index contributed by atoms with van der Waals surface area (Å²) in [7, 11) is 3.16. The lowest BCUT2D eigenvalue weighted by Crippen LogP contribution is -2.42. The van der Waals surface area contributed by atoms with Crippen LogP contribution in [0.1, 0.15) is 35.7 Å². The number of carbonyl (C=O) groups is 1. The lowest BCUT2D eigenvalue weighted by molar-refractivity contribution is -0.132. The number of methoxy groups -OCH3 is 2. The molecule has 1 aromatic carbocycles. The molecule has 0 aliphatic carbocycles. The summed E-state index contributed by atoms with van der Waals surface area (Å²) in [6.07, 6.45) is -0.0259. The van der Waals surface area contributed by atoms with E-state index in [1.165, 1.54) is 0 Å². The summed E-state index contributed by atoms with van der Waals surface area (Å²) in [4.78, 5) is 27.3. The third-order valence-electron chi connectivity index (χ3n) is 5.54. The summed E-state index contributed by atoms with van der Waals surface area (Å²) in [5.74, 6) is 1.91. The summed E-state index contributed by atoms with van der Waals surface area (Å²) in [6.45, 7) is 5.06. The Morgan fingerprint density at radius 3 is 2.83 bits per heavy atom. The van der Waals surface area contributed by atoms with E-state index in [4.69, 9.17) is 13.9 Å². The fourth-order valence-electron chi connectivity index (χ4n) is 4.00. The second kappa shape index (κ2) is 7.91. The Balaban J connectivity index is 1.59. The minimum Gasteiger partial charge on any atom is -0.497 e. The number of aromatic nitrogens is 3. The van der Waals surface area contributed by atoms with E-state index in [1.807, 2.05) is 24.5 Å². The maximum atomic E-state index is 13.0. The van der Waals surface area contributed by atoms with Crippen molar-refractivity contribution in [1.29, 1.82) is 0 Å². The van der Waals surface area contributed by atoms with Crippen molar-refractivity contribution in [1.82, 2.24) is 19.7 Å². The molecule has 0 radical (unpaired) electrons. The predicted octanol–water partition coefficient (Wildman–Crippen LogP) is 1.99. The summed E-state index contributed by atoms with van der Waals surface area (Å²) >= 11 is 0. The van der Waals surface area contributed by atoms with E-state index in [-0.39, 0.29) is 18.4 Å². The van der Waals surface area contributed by atoms with Crippen LogP contribution in [0.15, 0.2) is 27.4 Å². The molecule has 9 heteroatoms. The first-order chi connectivity index (χ1) is 14.4. The molecular formula is C21H24N4O5. The third-order valence-corrected chi connectivity index (χ3v) is 5.54. The number of nitrogens with zero attached hydrogens (tertiary/aromatic N) is 4. The number of benzene rings is 1. The molecule has 0 saturated carbocycles. The van der Waals surface area contributed by atoms with Gasteiger partial charge in [-0.25, -0.2) is 4.79 Å². The van der Waals surface area contributed by atoms with Crippen LogP contribution in [0.3, 0.4) is 0 Å². The number of amides is 1. The van der Waals surface area contributed by atoms with Crippen molar-refractivity contribution in [2.45, 2.75) is 39.5 Å². The second-order valence-electron chi connectivity index (χ2n) is 7.49. The molecule has 2 aromatic heterocycles. The van der Waals surface area contributed by atoms with E-state index < -0.39 is 5.63 Å². The number of ether oxygens (including phenoxy) is 2. The van der Waals surface area contributed by atoms with Gasteiger partial charge in [0.25, 0.3) is 0 Å². The van der Waals surface area contributed by atoms with Crippen LogP contribution in [-0.2, 0) is 29.1 Å². The molecule has 158 valence electrons. The normalized spacial score (nSPS) is 16.0. The Hall–Kier alpha value is -3.20. The maximum absolute atomic E-state index is 13.0. The molecule has 1 aliphatic rings. The van der Waals surface area contributed by atoms with Crippen molar-refractivity contribution in [3.8, 4) is 5.75 Å².